The van der Waals surface area contributed by atoms with Crippen molar-refractivity contribution < 1.29 is 14.2 Å². The Morgan fingerprint density at radius 3 is 2.44 bits per heavy atom. The van der Waals surface area contributed by atoms with Crippen molar-refractivity contribution in [2.45, 2.75) is 6.10 Å². The van der Waals surface area contributed by atoms with Crippen molar-refractivity contribution in [3.05, 3.63) is 59.9 Å². The Morgan fingerprint density at radius 1 is 1.11 bits per heavy atom. The van der Waals surface area contributed by atoms with Gasteiger partial charge in [0.05, 0.1) is 0 Å². The van der Waals surface area contributed by atoms with E-state index in [0.29, 0.717) is 17.0 Å². The summed E-state index contributed by atoms with van der Waals surface area (Å²) in [5.74, 6) is 0.181. The number of rotatable bonds is 4. The van der Waals surface area contributed by atoms with Crippen LogP contribution in [-0.4, -0.2) is 11.7 Å². The summed E-state index contributed by atoms with van der Waals surface area (Å²) < 4.78 is 18.0. The molecule has 1 atom stereocenters. The second-order valence-electron chi connectivity index (χ2n) is 3.91. The maximum absolute atomic E-state index is 12.7. The number of nitrogen functional groups attached to an aromatic ring is 1. The van der Waals surface area contributed by atoms with Crippen LogP contribution in [0, 0.1) is 5.82 Å². The van der Waals surface area contributed by atoms with Crippen LogP contribution in [0.4, 0.5) is 10.1 Å². The zero-order valence-corrected chi connectivity index (χ0v) is 9.71. The third-order valence-electron chi connectivity index (χ3n) is 2.58. The van der Waals surface area contributed by atoms with Gasteiger partial charge in [0, 0.05) is 11.3 Å². The van der Waals surface area contributed by atoms with Gasteiger partial charge in [0.2, 0.25) is 0 Å². The number of ether oxygens (including phenoxy) is 1. The molecule has 0 saturated heterocycles. The van der Waals surface area contributed by atoms with Crippen LogP contribution in [0.25, 0.3) is 0 Å². The lowest BCUT2D eigenvalue weighted by molar-refractivity contribution is 0.109. The highest BCUT2D eigenvalue weighted by Gasteiger charge is 2.11. The number of halogens is 1. The first-order valence-electron chi connectivity index (χ1n) is 5.57. The van der Waals surface area contributed by atoms with Gasteiger partial charge in [-0.15, -0.1) is 0 Å². The fourth-order valence-electron chi connectivity index (χ4n) is 1.61. The van der Waals surface area contributed by atoms with Gasteiger partial charge in [-0.05, 0) is 30.3 Å². The van der Waals surface area contributed by atoms with Crippen LogP contribution in [0.2, 0.25) is 0 Å². The molecule has 3 nitrogen and oxygen atoms in total. The number of benzene rings is 2. The quantitative estimate of drug-likeness (QED) is 0.816. The van der Waals surface area contributed by atoms with E-state index in [9.17, 15) is 9.50 Å². The molecule has 0 amide bonds. The van der Waals surface area contributed by atoms with Gasteiger partial charge in [0.25, 0.3) is 0 Å². The smallest absolute Gasteiger partial charge is 0.123 e. The van der Waals surface area contributed by atoms with Crippen LogP contribution in [0.1, 0.15) is 11.7 Å². The number of aliphatic hydroxyl groups is 1. The van der Waals surface area contributed by atoms with E-state index in [2.05, 4.69) is 0 Å². The molecule has 2 aromatic rings. The van der Waals surface area contributed by atoms with Gasteiger partial charge in [-0.2, -0.15) is 0 Å². The summed E-state index contributed by atoms with van der Waals surface area (Å²) in [7, 11) is 0. The van der Waals surface area contributed by atoms with Crippen LogP contribution in [0.3, 0.4) is 0 Å². The topological polar surface area (TPSA) is 55.5 Å². The van der Waals surface area contributed by atoms with Crippen molar-refractivity contribution in [3.8, 4) is 5.75 Å². The second-order valence-corrected chi connectivity index (χ2v) is 3.91. The zero-order chi connectivity index (χ0) is 13.0. The summed E-state index contributed by atoms with van der Waals surface area (Å²) in [5, 5.41) is 9.94. The molecule has 0 saturated carbocycles. The Balaban J connectivity index is 1.98. The molecule has 0 fully saturated rings. The third-order valence-corrected chi connectivity index (χ3v) is 2.58. The summed E-state index contributed by atoms with van der Waals surface area (Å²) in [6.45, 7) is 0.0693. The predicted molar refractivity (Wildman–Crippen MR) is 67.7 cm³/mol. The summed E-state index contributed by atoms with van der Waals surface area (Å²) in [6, 6.07) is 12.7. The number of hydrogen-bond acceptors (Lipinski definition) is 3. The summed E-state index contributed by atoms with van der Waals surface area (Å²) in [6.07, 6.45) is -0.809. The average Bonchev–Trinajstić information content (AvgIpc) is 2.38. The molecule has 2 rings (SSSR count). The second kappa shape index (κ2) is 5.51. The monoisotopic (exact) mass is 247 g/mol. The number of anilines is 1. The minimum absolute atomic E-state index is 0.0693. The highest BCUT2D eigenvalue weighted by molar-refractivity contribution is 5.47. The molecule has 0 heterocycles. The summed E-state index contributed by atoms with van der Waals surface area (Å²) in [5.41, 5.74) is 6.89. The standard InChI is InChI=1S/C14H14FNO2/c15-10-5-7-11(8-6-10)18-9-14(17)12-3-1-2-4-13(12)16/h1-8,14,17H,9,16H2. The Morgan fingerprint density at radius 2 is 1.78 bits per heavy atom. The number of para-hydroxylation sites is 1. The molecule has 0 aliphatic heterocycles. The molecule has 0 aliphatic carbocycles. The molecule has 18 heavy (non-hydrogen) atoms. The van der Waals surface area contributed by atoms with Gasteiger partial charge in [-0.1, -0.05) is 18.2 Å². The van der Waals surface area contributed by atoms with Crippen molar-refractivity contribution in [2.24, 2.45) is 0 Å². The molecule has 2 aromatic carbocycles. The van der Waals surface area contributed by atoms with E-state index in [1.54, 1.807) is 24.3 Å². The van der Waals surface area contributed by atoms with Gasteiger partial charge in [-0.25, -0.2) is 4.39 Å². The minimum Gasteiger partial charge on any atom is -0.491 e. The minimum atomic E-state index is -0.809. The van der Waals surface area contributed by atoms with E-state index in [-0.39, 0.29) is 12.4 Å². The van der Waals surface area contributed by atoms with Gasteiger partial charge in [0.15, 0.2) is 0 Å². The van der Waals surface area contributed by atoms with Gasteiger partial charge < -0.3 is 15.6 Å². The van der Waals surface area contributed by atoms with Gasteiger partial charge in [-0.3, -0.25) is 0 Å². The molecule has 0 aliphatic rings. The Kier molecular flexibility index (Phi) is 3.79. The van der Waals surface area contributed by atoms with Gasteiger partial charge >= 0.3 is 0 Å². The van der Waals surface area contributed by atoms with Crippen molar-refractivity contribution in [2.75, 3.05) is 12.3 Å². The number of aliphatic hydroxyl groups excluding tert-OH is 1. The van der Waals surface area contributed by atoms with Gasteiger partial charge in [0.1, 0.15) is 24.3 Å². The van der Waals surface area contributed by atoms with E-state index in [0.717, 1.165) is 0 Å². The number of hydrogen-bond donors (Lipinski definition) is 2. The SMILES string of the molecule is Nc1ccccc1C(O)COc1ccc(F)cc1. The highest BCUT2D eigenvalue weighted by Crippen LogP contribution is 2.21. The first kappa shape index (κ1) is 12.4. The fourth-order valence-corrected chi connectivity index (χ4v) is 1.61. The predicted octanol–water partition coefficient (Wildman–Crippen LogP) is 2.52. The molecule has 94 valence electrons. The highest BCUT2D eigenvalue weighted by atomic mass is 19.1. The zero-order valence-electron chi connectivity index (χ0n) is 9.71. The molecule has 1 unspecified atom stereocenters. The molecule has 4 heteroatoms. The lowest BCUT2D eigenvalue weighted by Gasteiger charge is -2.14. The molecule has 0 spiro atoms. The summed E-state index contributed by atoms with van der Waals surface area (Å²) in [4.78, 5) is 0. The van der Waals surface area contributed by atoms with Crippen molar-refractivity contribution in [1.29, 1.82) is 0 Å². The number of nitrogens with two attached hydrogens (primary N) is 1. The van der Waals surface area contributed by atoms with E-state index in [1.165, 1.54) is 24.3 Å². The lowest BCUT2D eigenvalue weighted by Crippen LogP contribution is -2.11. The van der Waals surface area contributed by atoms with Crippen LogP contribution < -0.4 is 10.5 Å². The van der Waals surface area contributed by atoms with Crippen LogP contribution in [-0.2, 0) is 0 Å². The first-order chi connectivity index (χ1) is 8.66. The summed E-state index contributed by atoms with van der Waals surface area (Å²) >= 11 is 0. The molecular weight excluding hydrogens is 233 g/mol. The van der Waals surface area contributed by atoms with Crippen LogP contribution in [0.15, 0.2) is 48.5 Å². The fraction of sp³-hybridized carbons (Fsp3) is 0.143. The molecule has 0 aromatic heterocycles. The average molecular weight is 247 g/mol. The van der Waals surface area contributed by atoms with E-state index in [4.69, 9.17) is 10.5 Å². The Bertz CT molecular complexity index is 513. The lowest BCUT2D eigenvalue weighted by atomic mass is 10.1. The molecular formula is C14H14FNO2. The first-order valence-corrected chi connectivity index (χ1v) is 5.57. The molecule has 3 N–H and O–H groups in total. The van der Waals surface area contributed by atoms with Crippen molar-refractivity contribution in [3.63, 3.8) is 0 Å². The molecule has 0 bridgehead atoms. The van der Waals surface area contributed by atoms with Crippen LogP contribution >= 0.6 is 0 Å². The Labute approximate surface area is 105 Å². The molecule has 0 radical (unpaired) electrons. The van der Waals surface area contributed by atoms with Crippen molar-refractivity contribution >= 4 is 5.69 Å². The maximum atomic E-state index is 12.7. The van der Waals surface area contributed by atoms with Crippen LogP contribution in [0.5, 0.6) is 5.75 Å². The maximum Gasteiger partial charge on any atom is 0.123 e. The van der Waals surface area contributed by atoms with E-state index in [1.807, 2.05) is 0 Å². The largest absolute Gasteiger partial charge is 0.491 e. The third kappa shape index (κ3) is 2.99. The van der Waals surface area contributed by atoms with E-state index < -0.39 is 6.10 Å². The van der Waals surface area contributed by atoms with Crippen molar-refractivity contribution in [1.82, 2.24) is 0 Å². The Hall–Kier alpha value is -2.07. The normalized spacial score (nSPS) is 12.1. The van der Waals surface area contributed by atoms with E-state index >= 15 is 0 Å².